The second-order valence-corrected chi connectivity index (χ2v) is 8.35. The largest absolute Gasteiger partial charge is 0.390 e. The van der Waals surface area contributed by atoms with Crippen molar-refractivity contribution in [2.24, 2.45) is 0 Å². The smallest absolute Gasteiger partial charge is 0.0799 e. The maximum absolute atomic E-state index is 10.1. The molecule has 0 rings (SSSR count). The van der Waals surface area contributed by atoms with E-state index in [0.29, 0.717) is 12.8 Å². The van der Waals surface area contributed by atoms with E-state index in [4.69, 9.17) is 0 Å². The predicted molar refractivity (Wildman–Crippen MR) is 134 cm³/mol. The van der Waals surface area contributed by atoms with E-state index < -0.39 is 12.2 Å². The van der Waals surface area contributed by atoms with Crippen molar-refractivity contribution in [1.82, 2.24) is 0 Å². The summed E-state index contributed by atoms with van der Waals surface area (Å²) in [7, 11) is 0. The second-order valence-electron chi connectivity index (χ2n) is 8.35. The van der Waals surface area contributed by atoms with E-state index in [1.165, 1.54) is 51.4 Å². The SMILES string of the molecule is CCCCC/C=C\C/C=C\CCCC(O)C(O)CCC/C=C\C/C=C\CCCCC. The highest BCUT2D eigenvalue weighted by atomic mass is 16.3. The van der Waals surface area contributed by atoms with Crippen LogP contribution in [-0.2, 0) is 0 Å². The fraction of sp³-hybridized carbons (Fsp3) is 0.714. The maximum atomic E-state index is 10.1. The molecule has 0 aromatic rings. The van der Waals surface area contributed by atoms with Gasteiger partial charge in [0.15, 0.2) is 0 Å². The molecule has 2 unspecified atom stereocenters. The molecule has 0 aliphatic carbocycles. The van der Waals surface area contributed by atoms with Crippen LogP contribution in [0.5, 0.6) is 0 Å². The molecule has 0 amide bonds. The Morgan fingerprint density at radius 1 is 0.467 bits per heavy atom. The lowest BCUT2D eigenvalue weighted by molar-refractivity contribution is 0.00811. The molecule has 2 nitrogen and oxygen atoms in total. The minimum Gasteiger partial charge on any atom is -0.390 e. The number of aliphatic hydroxyl groups is 2. The van der Waals surface area contributed by atoms with Crippen LogP contribution in [0, 0.1) is 0 Å². The molecule has 0 spiro atoms. The third-order valence-electron chi connectivity index (χ3n) is 5.35. The number of rotatable bonds is 21. The van der Waals surface area contributed by atoms with E-state index in [-0.39, 0.29) is 0 Å². The Labute approximate surface area is 187 Å². The summed E-state index contributed by atoms with van der Waals surface area (Å²) in [6, 6.07) is 0. The summed E-state index contributed by atoms with van der Waals surface area (Å²) in [5.74, 6) is 0. The first-order valence-electron chi connectivity index (χ1n) is 12.7. The molecule has 0 aromatic carbocycles. The topological polar surface area (TPSA) is 40.5 Å². The van der Waals surface area contributed by atoms with Gasteiger partial charge >= 0.3 is 0 Å². The van der Waals surface area contributed by atoms with Crippen molar-refractivity contribution < 1.29 is 10.2 Å². The Morgan fingerprint density at radius 3 is 1.13 bits per heavy atom. The van der Waals surface area contributed by atoms with Gasteiger partial charge in [-0.05, 0) is 77.0 Å². The van der Waals surface area contributed by atoms with E-state index in [1.807, 2.05) is 0 Å². The fourth-order valence-corrected chi connectivity index (χ4v) is 3.31. The zero-order valence-corrected chi connectivity index (χ0v) is 20.0. The van der Waals surface area contributed by atoms with E-state index in [2.05, 4.69) is 62.5 Å². The van der Waals surface area contributed by atoms with Crippen LogP contribution in [0.25, 0.3) is 0 Å². The zero-order valence-electron chi connectivity index (χ0n) is 20.0. The Balaban J connectivity index is 3.58. The van der Waals surface area contributed by atoms with Gasteiger partial charge in [0.05, 0.1) is 12.2 Å². The number of hydrogen-bond donors (Lipinski definition) is 2. The summed E-state index contributed by atoms with van der Waals surface area (Å²) in [6.45, 7) is 4.47. The van der Waals surface area contributed by atoms with E-state index in [9.17, 15) is 10.2 Å². The maximum Gasteiger partial charge on any atom is 0.0799 e. The van der Waals surface area contributed by atoms with Crippen LogP contribution in [0.3, 0.4) is 0 Å². The molecule has 2 atom stereocenters. The van der Waals surface area contributed by atoms with Crippen molar-refractivity contribution in [2.45, 2.75) is 129 Å². The average molecular weight is 419 g/mol. The lowest BCUT2D eigenvalue weighted by atomic mass is 10.0. The van der Waals surface area contributed by atoms with Gasteiger partial charge in [-0.2, -0.15) is 0 Å². The van der Waals surface area contributed by atoms with Crippen LogP contribution in [0.1, 0.15) is 117 Å². The van der Waals surface area contributed by atoms with Crippen LogP contribution < -0.4 is 0 Å². The molecule has 0 aliphatic rings. The number of aliphatic hydroxyl groups excluding tert-OH is 2. The van der Waals surface area contributed by atoms with Crippen LogP contribution in [0.15, 0.2) is 48.6 Å². The van der Waals surface area contributed by atoms with Gasteiger partial charge in [0, 0.05) is 0 Å². The normalized spacial score (nSPS) is 14.7. The molecule has 0 saturated heterocycles. The molecule has 0 aliphatic heterocycles. The molecule has 0 heterocycles. The van der Waals surface area contributed by atoms with Crippen molar-refractivity contribution in [3.05, 3.63) is 48.6 Å². The first kappa shape index (κ1) is 28.9. The van der Waals surface area contributed by atoms with Gasteiger partial charge in [-0.3, -0.25) is 0 Å². The Morgan fingerprint density at radius 2 is 0.800 bits per heavy atom. The van der Waals surface area contributed by atoms with Crippen molar-refractivity contribution in [3.63, 3.8) is 0 Å². The summed E-state index contributed by atoms with van der Waals surface area (Å²) in [4.78, 5) is 0. The van der Waals surface area contributed by atoms with Crippen molar-refractivity contribution in [2.75, 3.05) is 0 Å². The monoisotopic (exact) mass is 418 g/mol. The minimum absolute atomic E-state index is 0.591. The molecule has 0 radical (unpaired) electrons. The molecule has 0 fully saturated rings. The summed E-state index contributed by atoms with van der Waals surface area (Å²) in [5, 5.41) is 20.2. The number of allylic oxidation sites excluding steroid dienone is 8. The Kier molecular flexibility index (Phi) is 23.3. The highest BCUT2D eigenvalue weighted by Gasteiger charge is 2.14. The van der Waals surface area contributed by atoms with Crippen molar-refractivity contribution in [1.29, 1.82) is 0 Å². The van der Waals surface area contributed by atoms with E-state index >= 15 is 0 Å². The fourth-order valence-electron chi connectivity index (χ4n) is 3.31. The molecular weight excluding hydrogens is 368 g/mol. The van der Waals surface area contributed by atoms with Gasteiger partial charge in [-0.25, -0.2) is 0 Å². The molecule has 0 saturated carbocycles. The molecular formula is C28H50O2. The molecule has 0 aromatic heterocycles. The van der Waals surface area contributed by atoms with Gasteiger partial charge in [0.1, 0.15) is 0 Å². The standard InChI is InChI=1S/C28H50O2/c1-3-5-7-9-11-13-15-17-19-21-23-25-27(29)28(30)26-24-22-20-18-16-14-12-10-8-6-4-2/h11-14,17-20,27-30H,3-10,15-16,21-26H2,1-2H3/b13-11-,14-12-,19-17-,20-18-. The quantitative estimate of drug-likeness (QED) is 0.146. The summed E-state index contributed by atoms with van der Waals surface area (Å²) in [5.41, 5.74) is 0. The number of hydrogen-bond acceptors (Lipinski definition) is 2. The lowest BCUT2D eigenvalue weighted by Crippen LogP contribution is -2.25. The Bertz CT molecular complexity index is 406. The molecule has 30 heavy (non-hydrogen) atoms. The summed E-state index contributed by atoms with van der Waals surface area (Å²) in [6.07, 6.45) is 34.0. The van der Waals surface area contributed by atoms with Crippen LogP contribution in [-0.4, -0.2) is 22.4 Å². The van der Waals surface area contributed by atoms with Gasteiger partial charge in [0.2, 0.25) is 0 Å². The average Bonchev–Trinajstić information content (AvgIpc) is 2.75. The highest BCUT2D eigenvalue weighted by Crippen LogP contribution is 2.12. The molecule has 174 valence electrons. The summed E-state index contributed by atoms with van der Waals surface area (Å²) < 4.78 is 0. The van der Waals surface area contributed by atoms with Crippen LogP contribution in [0.4, 0.5) is 0 Å². The first-order chi connectivity index (χ1) is 14.7. The number of unbranched alkanes of at least 4 members (excludes halogenated alkanes) is 8. The summed E-state index contributed by atoms with van der Waals surface area (Å²) >= 11 is 0. The zero-order chi connectivity index (χ0) is 22.1. The second kappa shape index (κ2) is 24.2. The third-order valence-corrected chi connectivity index (χ3v) is 5.35. The van der Waals surface area contributed by atoms with Crippen LogP contribution in [0.2, 0.25) is 0 Å². The first-order valence-corrected chi connectivity index (χ1v) is 12.7. The Hall–Kier alpha value is -1.12. The minimum atomic E-state index is -0.591. The van der Waals surface area contributed by atoms with Gasteiger partial charge in [-0.1, -0.05) is 88.1 Å². The van der Waals surface area contributed by atoms with Crippen molar-refractivity contribution >= 4 is 0 Å². The molecule has 2 N–H and O–H groups in total. The highest BCUT2D eigenvalue weighted by molar-refractivity contribution is 4.93. The van der Waals surface area contributed by atoms with E-state index in [1.54, 1.807) is 0 Å². The van der Waals surface area contributed by atoms with Gasteiger partial charge in [-0.15, -0.1) is 0 Å². The third kappa shape index (κ3) is 21.6. The predicted octanol–water partition coefficient (Wildman–Crippen LogP) is 8.21. The van der Waals surface area contributed by atoms with E-state index in [0.717, 1.165) is 38.5 Å². The van der Waals surface area contributed by atoms with Gasteiger partial charge < -0.3 is 10.2 Å². The van der Waals surface area contributed by atoms with Gasteiger partial charge in [0.25, 0.3) is 0 Å². The van der Waals surface area contributed by atoms with Crippen molar-refractivity contribution in [3.8, 4) is 0 Å². The molecule has 0 bridgehead atoms. The van der Waals surface area contributed by atoms with Crippen LogP contribution >= 0.6 is 0 Å². The lowest BCUT2D eigenvalue weighted by Gasteiger charge is -2.17. The molecule has 2 heteroatoms.